The summed E-state index contributed by atoms with van der Waals surface area (Å²) in [5, 5.41) is 27.1. The number of carboxylic acid groups (broad SMARTS) is 1. The number of carbonyl (C=O) groups excluding carboxylic acids is 1. The van der Waals surface area contributed by atoms with E-state index in [-0.39, 0.29) is 11.4 Å². The molecule has 1 amide bonds. The van der Waals surface area contributed by atoms with Gasteiger partial charge in [0, 0.05) is 5.39 Å². The molecule has 3 rings (SSSR count). The summed E-state index contributed by atoms with van der Waals surface area (Å²) in [6.45, 7) is -0.545. The Labute approximate surface area is 115 Å². The van der Waals surface area contributed by atoms with Crippen LogP contribution in [0.2, 0.25) is 0 Å². The van der Waals surface area contributed by atoms with Gasteiger partial charge in [0.2, 0.25) is 0 Å². The number of aromatic hydroxyl groups is 1. The van der Waals surface area contributed by atoms with Crippen molar-refractivity contribution in [3.63, 3.8) is 0 Å². The highest BCUT2D eigenvalue weighted by Gasteiger charge is 2.22. The highest BCUT2D eigenvalue weighted by molar-refractivity contribution is 7.18. The Morgan fingerprint density at radius 3 is 3.00 bits per heavy atom. The van der Waals surface area contributed by atoms with Gasteiger partial charge in [-0.05, 0) is 11.4 Å². The molecule has 0 fully saturated rings. The molecule has 3 N–H and O–H groups in total. The number of carbonyl (C=O) groups is 2. The average Bonchev–Trinajstić information content (AvgIpc) is 3.03. The van der Waals surface area contributed by atoms with Crippen molar-refractivity contribution < 1.29 is 19.8 Å². The lowest BCUT2D eigenvalue weighted by Crippen LogP contribution is -2.30. The normalized spacial score (nSPS) is 11.0. The van der Waals surface area contributed by atoms with E-state index in [1.165, 1.54) is 22.2 Å². The maximum Gasteiger partial charge on any atom is 0.322 e. The molecule has 0 aliphatic rings. The van der Waals surface area contributed by atoms with Crippen molar-refractivity contribution >= 4 is 38.9 Å². The van der Waals surface area contributed by atoms with Gasteiger partial charge in [-0.3, -0.25) is 9.59 Å². The second-order valence-electron chi connectivity index (χ2n) is 3.93. The maximum atomic E-state index is 12.0. The fourth-order valence-electron chi connectivity index (χ4n) is 1.90. The number of nitrogens with zero attached hydrogens (tertiary/aromatic N) is 3. The molecule has 0 aliphatic carbocycles. The number of nitrogens with one attached hydrogen (secondary N) is 1. The largest absolute Gasteiger partial charge is 0.505 e. The van der Waals surface area contributed by atoms with Crippen LogP contribution in [0.25, 0.3) is 15.7 Å². The smallest absolute Gasteiger partial charge is 0.322 e. The Morgan fingerprint density at radius 2 is 2.25 bits per heavy atom. The SMILES string of the molecule is O=C(O)CNC(=O)c1c(O)c2ccsc2c2ncnn12. The summed E-state index contributed by atoms with van der Waals surface area (Å²) in [5.74, 6) is -2.15. The molecule has 0 unspecified atom stereocenters. The van der Waals surface area contributed by atoms with Gasteiger partial charge >= 0.3 is 5.97 Å². The third-order valence-corrected chi connectivity index (χ3v) is 3.63. The molecule has 8 nitrogen and oxygen atoms in total. The van der Waals surface area contributed by atoms with Crippen molar-refractivity contribution in [3.8, 4) is 5.75 Å². The van der Waals surface area contributed by atoms with E-state index in [0.717, 1.165) is 0 Å². The van der Waals surface area contributed by atoms with Crippen LogP contribution in [-0.2, 0) is 4.79 Å². The van der Waals surface area contributed by atoms with Crippen LogP contribution < -0.4 is 5.32 Å². The van der Waals surface area contributed by atoms with E-state index >= 15 is 0 Å². The van der Waals surface area contributed by atoms with Crippen LogP contribution in [0.5, 0.6) is 5.75 Å². The van der Waals surface area contributed by atoms with Crippen molar-refractivity contribution in [2.45, 2.75) is 0 Å². The number of hydrogen-bond acceptors (Lipinski definition) is 6. The first kappa shape index (κ1) is 12.4. The molecule has 3 heterocycles. The van der Waals surface area contributed by atoms with Gasteiger partial charge in [0.1, 0.15) is 12.9 Å². The van der Waals surface area contributed by atoms with Crippen LogP contribution in [0, 0.1) is 0 Å². The van der Waals surface area contributed by atoms with E-state index in [4.69, 9.17) is 5.11 Å². The molecule has 9 heteroatoms. The summed E-state index contributed by atoms with van der Waals surface area (Å²) in [6, 6.07) is 1.66. The lowest BCUT2D eigenvalue weighted by molar-refractivity contribution is -0.135. The molecule has 0 saturated carbocycles. The lowest BCUT2D eigenvalue weighted by Gasteiger charge is -2.08. The van der Waals surface area contributed by atoms with Crippen molar-refractivity contribution in [3.05, 3.63) is 23.5 Å². The van der Waals surface area contributed by atoms with Crippen molar-refractivity contribution in [2.75, 3.05) is 6.54 Å². The Balaban J connectivity index is 2.21. The summed E-state index contributed by atoms with van der Waals surface area (Å²) in [7, 11) is 0. The first-order valence-electron chi connectivity index (χ1n) is 5.51. The minimum absolute atomic E-state index is 0.135. The Kier molecular flexibility index (Phi) is 2.75. The van der Waals surface area contributed by atoms with E-state index in [1.807, 2.05) is 0 Å². The quantitative estimate of drug-likeness (QED) is 0.646. The van der Waals surface area contributed by atoms with E-state index in [9.17, 15) is 14.7 Å². The third kappa shape index (κ3) is 1.75. The number of aliphatic carboxylic acids is 1. The maximum absolute atomic E-state index is 12.0. The first-order chi connectivity index (χ1) is 9.59. The third-order valence-electron chi connectivity index (χ3n) is 2.72. The fourth-order valence-corrected chi connectivity index (χ4v) is 2.78. The average molecular weight is 292 g/mol. The summed E-state index contributed by atoms with van der Waals surface area (Å²) in [5.41, 5.74) is 0.304. The lowest BCUT2D eigenvalue weighted by atomic mass is 10.2. The molecule has 0 spiro atoms. The molecule has 0 bridgehead atoms. The van der Waals surface area contributed by atoms with Crippen molar-refractivity contribution in [1.82, 2.24) is 19.9 Å². The topological polar surface area (TPSA) is 117 Å². The van der Waals surface area contributed by atoms with Crippen LogP contribution in [0.15, 0.2) is 17.8 Å². The highest BCUT2D eigenvalue weighted by Crippen LogP contribution is 2.34. The van der Waals surface area contributed by atoms with Gasteiger partial charge in [-0.1, -0.05) is 0 Å². The summed E-state index contributed by atoms with van der Waals surface area (Å²) < 4.78 is 1.90. The molecule has 0 atom stereocenters. The number of thiophene rings is 1. The number of fused-ring (bicyclic) bond motifs is 3. The number of amides is 1. The zero-order valence-corrected chi connectivity index (χ0v) is 10.7. The number of hydrogen-bond donors (Lipinski definition) is 3. The molecular weight excluding hydrogens is 284 g/mol. The Bertz CT molecular complexity index is 838. The second kappa shape index (κ2) is 4.46. The van der Waals surface area contributed by atoms with Gasteiger partial charge in [0.05, 0.1) is 4.70 Å². The molecular formula is C11H8N4O4S. The Morgan fingerprint density at radius 1 is 1.45 bits per heavy atom. The first-order valence-corrected chi connectivity index (χ1v) is 6.39. The highest BCUT2D eigenvalue weighted by atomic mass is 32.1. The summed E-state index contributed by atoms with van der Waals surface area (Å²) in [4.78, 5) is 26.6. The van der Waals surface area contributed by atoms with Crippen LogP contribution in [-0.4, -0.2) is 43.2 Å². The van der Waals surface area contributed by atoms with Crippen LogP contribution in [0.1, 0.15) is 10.5 Å². The molecule has 20 heavy (non-hydrogen) atoms. The predicted octanol–water partition coefficient (Wildman–Crippen LogP) is 0.464. The van der Waals surface area contributed by atoms with Gasteiger partial charge < -0.3 is 15.5 Å². The molecule has 0 aromatic carbocycles. The summed E-state index contributed by atoms with van der Waals surface area (Å²) >= 11 is 1.37. The molecule has 0 saturated heterocycles. The van der Waals surface area contributed by atoms with Gasteiger partial charge in [0.15, 0.2) is 17.1 Å². The zero-order chi connectivity index (χ0) is 14.3. The van der Waals surface area contributed by atoms with Gasteiger partial charge in [-0.25, -0.2) is 9.50 Å². The molecule has 102 valence electrons. The minimum atomic E-state index is -1.18. The van der Waals surface area contributed by atoms with Crippen LogP contribution >= 0.6 is 11.3 Å². The van der Waals surface area contributed by atoms with Crippen molar-refractivity contribution in [2.24, 2.45) is 0 Å². The second-order valence-corrected chi connectivity index (χ2v) is 4.85. The monoisotopic (exact) mass is 292 g/mol. The summed E-state index contributed by atoms with van der Waals surface area (Å²) in [6.07, 6.45) is 1.27. The van der Waals surface area contributed by atoms with E-state index < -0.39 is 18.4 Å². The molecule has 0 radical (unpaired) electrons. The van der Waals surface area contributed by atoms with Gasteiger partial charge in [-0.15, -0.1) is 11.3 Å². The van der Waals surface area contributed by atoms with Crippen LogP contribution in [0.4, 0.5) is 0 Å². The van der Waals surface area contributed by atoms with E-state index in [0.29, 0.717) is 15.7 Å². The molecule has 0 aliphatic heterocycles. The number of pyridine rings is 1. The number of carboxylic acids is 1. The molecule has 3 aromatic heterocycles. The number of aromatic nitrogens is 3. The van der Waals surface area contributed by atoms with Gasteiger partial charge in [0.25, 0.3) is 5.91 Å². The van der Waals surface area contributed by atoms with Crippen molar-refractivity contribution in [1.29, 1.82) is 0 Å². The standard InChI is InChI=1S/C11H8N4O4S/c16-6(17)3-12-11(19)7-8(18)5-1-2-20-9(5)10-13-4-14-15(7)10/h1-2,4,18H,3H2,(H,12,19)(H,16,17). The fraction of sp³-hybridized carbons (Fsp3) is 0.0909. The zero-order valence-electron chi connectivity index (χ0n) is 9.90. The molecule has 3 aromatic rings. The predicted molar refractivity (Wildman–Crippen MR) is 70.0 cm³/mol. The Hall–Kier alpha value is -2.68. The van der Waals surface area contributed by atoms with E-state index in [1.54, 1.807) is 11.4 Å². The minimum Gasteiger partial charge on any atom is -0.505 e. The van der Waals surface area contributed by atoms with Crippen LogP contribution in [0.3, 0.4) is 0 Å². The van der Waals surface area contributed by atoms with E-state index in [2.05, 4.69) is 15.4 Å². The van der Waals surface area contributed by atoms with Gasteiger partial charge in [-0.2, -0.15) is 5.10 Å². The number of rotatable bonds is 3.